The lowest BCUT2D eigenvalue weighted by molar-refractivity contribution is 0.0764. The SMILES string of the molecule is COc1cccc(CN(Cc2cccc(N3CCCC3)c2)c2ccc(OCCOCCOc3cccc(OC)c3)cc2)c1. The molecule has 1 aliphatic rings. The summed E-state index contributed by atoms with van der Waals surface area (Å²) in [6, 6.07) is 33.1. The molecule has 7 nitrogen and oxygen atoms in total. The number of methoxy groups -OCH3 is 2. The summed E-state index contributed by atoms with van der Waals surface area (Å²) >= 11 is 0. The first-order chi connectivity index (χ1) is 21.2. The molecule has 43 heavy (non-hydrogen) atoms. The molecule has 0 unspecified atom stereocenters. The highest BCUT2D eigenvalue weighted by Gasteiger charge is 2.14. The van der Waals surface area contributed by atoms with Crippen LogP contribution in [0.5, 0.6) is 23.0 Å². The van der Waals surface area contributed by atoms with Crippen LogP contribution in [0.1, 0.15) is 24.0 Å². The molecule has 4 aromatic carbocycles. The summed E-state index contributed by atoms with van der Waals surface area (Å²) in [5.41, 5.74) is 4.94. The van der Waals surface area contributed by atoms with Gasteiger partial charge in [0, 0.05) is 43.6 Å². The van der Waals surface area contributed by atoms with E-state index in [1.54, 1.807) is 14.2 Å². The molecule has 226 valence electrons. The molecule has 0 amide bonds. The van der Waals surface area contributed by atoms with Crippen LogP contribution >= 0.6 is 0 Å². The fourth-order valence-electron chi connectivity index (χ4n) is 5.26. The van der Waals surface area contributed by atoms with Crippen molar-refractivity contribution >= 4 is 11.4 Å². The van der Waals surface area contributed by atoms with Gasteiger partial charge in [0.25, 0.3) is 0 Å². The Kier molecular flexibility index (Phi) is 11.0. The first kappa shape index (κ1) is 30.1. The Morgan fingerprint density at radius 3 is 1.86 bits per heavy atom. The highest BCUT2D eigenvalue weighted by Crippen LogP contribution is 2.27. The van der Waals surface area contributed by atoms with E-state index in [0.717, 1.165) is 54.9 Å². The van der Waals surface area contributed by atoms with Gasteiger partial charge in [-0.15, -0.1) is 0 Å². The van der Waals surface area contributed by atoms with E-state index < -0.39 is 0 Å². The first-order valence-corrected chi connectivity index (χ1v) is 15.0. The molecule has 1 heterocycles. The molecule has 0 bridgehead atoms. The van der Waals surface area contributed by atoms with Crippen molar-refractivity contribution in [3.63, 3.8) is 0 Å². The van der Waals surface area contributed by atoms with Crippen LogP contribution in [0.15, 0.2) is 97.1 Å². The standard InChI is InChI=1S/C36H42N2O5/c1-39-34-11-6-9-30(25-34)28-38(27-29-8-5-10-32(24-29)37-18-3-4-19-37)31-14-16-33(17-15-31)42-22-20-41-21-23-43-36-13-7-12-35(26-36)40-2/h5-17,24-26H,3-4,18-23,27-28H2,1-2H3. The number of ether oxygens (including phenoxy) is 5. The van der Waals surface area contributed by atoms with Gasteiger partial charge in [-0.2, -0.15) is 0 Å². The van der Waals surface area contributed by atoms with Crippen LogP contribution < -0.4 is 28.7 Å². The van der Waals surface area contributed by atoms with Crippen molar-refractivity contribution in [3.8, 4) is 23.0 Å². The molecule has 4 aromatic rings. The van der Waals surface area contributed by atoms with Gasteiger partial charge in [0.05, 0.1) is 27.4 Å². The zero-order chi connectivity index (χ0) is 29.7. The Morgan fingerprint density at radius 1 is 0.581 bits per heavy atom. The highest BCUT2D eigenvalue weighted by atomic mass is 16.5. The lowest BCUT2D eigenvalue weighted by atomic mass is 10.1. The quantitative estimate of drug-likeness (QED) is 0.132. The lowest BCUT2D eigenvalue weighted by Gasteiger charge is -2.26. The fraction of sp³-hybridized carbons (Fsp3) is 0.333. The Balaban J connectivity index is 1.15. The minimum absolute atomic E-state index is 0.464. The monoisotopic (exact) mass is 582 g/mol. The van der Waals surface area contributed by atoms with Crippen molar-refractivity contribution in [2.45, 2.75) is 25.9 Å². The number of hydrogen-bond donors (Lipinski definition) is 0. The number of hydrogen-bond acceptors (Lipinski definition) is 7. The van der Waals surface area contributed by atoms with Gasteiger partial charge in [-0.05, 0) is 84.6 Å². The highest BCUT2D eigenvalue weighted by molar-refractivity contribution is 5.53. The van der Waals surface area contributed by atoms with E-state index in [9.17, 15) is 0 Å². The second-order valence-electron chi connectivity index (χ2n) is 10.6. The van der Waals surface area contributed by atoms with Crippen molar-refractivity contribution in [2.75, 3.05) is 63.5 Å². The normalized spacial score (nSPS) is 12.7. The van der Waals surface area contributed by atoms with Gasteiger partial charge >= 0.3 is 0 Å². The van der Waals surface area contributed by atoms with Crippen LogP contribution in [0.4, 0.5) is 11.4 Å². The maximum atomic E-state index is 5.95. The molecule has 0 spiro atoms. The molecular formula is C36H42N2O5. The largest absolute Gasteiger partial charge is 0.497 e. The Hall–Kier alpha value is -4.36. The van der Waals surface area contributed by atoms with Gasteiger partial charge in [0.2, 0.25) is 0 Å². The van der Waals surface area contributed by atoms with Crippen LogP contribution in [0.3, 0.4) is 0 Å². The fourth-order valence-corrected chi connectivity index (χ4v) is 5.26. The van der Waals surface area contributed by atoms with Gasteiger partial charge in [-0.1, -0.05) is 30.3 Å². The summed E-state index contributed by atoms with van der Waals surface area (Å²) in [7, 11) is 3.35. The molecule has 1 saturated heterocycles. The predicted octanol–water partition coefficient (Wildman–Crippen LogP) is 6.99. The number of benzene rings is 4. The van der Waals surface area contributed by atoms with Gasteiger partial charge in [-0.25, -0.2) is 0 Å². The summed E-state index contributed by atoms with van der Waals surface area (Å²) in [5.74, 6) is 3.22. The van der Waals surface area contributed by atoms with E-state index in [2.05, 4.69) is 58.3 Å². The molecule has 0 saturated carbocycles. The van der Waals surface area contributed by atoms with Crippen molar-refractivity contribution in [1.29, 1.82) is 0 Å². The third kappa shape index (κ3) is 9.06. The maximum absolute atomic E-state index is 5.95. The van der Waals surface area contributed by atoms with E-state index in [4.69, 9.17) is 23.7 Å². The average Bonchev–Trinajstić information content (AvgIpc) is 3.60. The van der Waals surface area contributed by atoms with Crippen LogP contribution in [-0.4, -0.2) is 53.7 Å². The molecule has 7 heteroatoms. The Labute approximate surface area is 255 Å². The zero-order valence-electron chi connectivity index (χ0n) is 25.2. The molecule has 0 atom stereocenters. The van der Waals surface area contributed by atoms with E-state index >= 15 is 0 Å². The number of rotatable bonds is 16. The molecule has 0 N–H and O–H groups in total. The van der Waals surface area contributed by atoms with Crippen molar-refractivity contribution in [1.82, 2.24) is 0 Å². The van der Waals surface area contributed by atoms with E-state index in [0.29, 0.717) is 26.4 Å². The van der Waals surface area contributed by atoms with Gasteiger partial charge in [-0.3, -0.25) is 0 Å². The van der Waals surface area contributed by atoms with Crippen LogP contribution in [0, 0.1) is 0 Å². The van der Waals surface area contributed by atoms with Crippen molar-refractivity contribution in [3.05, 3.63) is 108 Å². The van der Waals surface area contributed by atoms with E-state index in [-0.39, 0.29) is 0 Å². The van der Waals surface area contributed by atoms with Gasteiger partial charge < -0.3 is 33.5 Å². The maximum Gasteiger partial charge on any atom is 0.123 e. The van der Waals surface area contributed by atoms with Crippen LogP contribution in [0.2, 0.25) is 0 Å². The van der Waals surface area contributed by atoms with E-state index in [1.807, 2.05) is 48.5 Å². The third-order valence-corrected chi connectivity index (χ3v) is 7.50. The number of anilines is 2. The Morgan fingerprint density at radius 2 is 1.16 bits per heavy atom. The molecule has 1 fully saturated rings. The topological polar surface area (TPSA) is 52.6 Å². The second kappa shape index (κ2) is 15.8. The predicted molar refractivity (Wildman–Crippen MR) is 172 cm³/mol. The van der Waals surface area contributed by atoms with E-state index in [1.165, 1.54) is 29.7 Å². The van der Waals surface area contributed by atoms with Gasteiger partial charge in [0.15, 0.2) is 0 Å². The van der Waals surface area contributed by atoms with Crippen LogP contribution in [0.25, 0.3) is 0 Å². The van der Waals surface area contributed by atoms with Gasteiger partial charge in [0.1, 0.15) is 36.2 Å². The molecular weight excluding hydrogens is 540 g/mol. The third-order valence-electron chi connectivity index (χ3n) is 7.50. The summed E-state index contributed by atoms with van der Waals surface area (Å²) < 4.78 is 28.1. The molecule has 1 aliphatic heterocycles. The summed E-state index contributed by atoms with van der Waals surface area (Å²) in [6.07, 6.45) is 2.54. The Bertz CT molecular complexity index is 1400. The molecule has 0 aromatic heterocycles. The number of nitrogens with zero attached hydrogens (tertiary/aromatic N) is 2. The second-order valence-corrected chi connectivity index (χ2v) is 10.6. The smallest absolute Gasteiger partial charge is 0.123 e. The molecule has 0 radical (unpaired) electrons. The van der Waals surface area contributed by atoms with Crippen molar-refractivity contribution < 1.29 is 23.7 Å². The zero-order valence-corrected chi connectivity index (χ0v) is 25.2. The van der Waals surface area contributed by atoms with Crippen molar-refractivity contribution in [2.24, 2.45) is 0 Å². The first-order valence-electron chi connectivity index (χ1n) is 15.0. The molecule has 5 rings (SSSR count). The average molecular weight is 583 g/mol. The van der Waals surface area contributed by atoms with Crippen LogP contribution in [-0.2, 0) is 17.8 Å². The summed E-state index contributed by atoms with van der Waals surface area (Å²) in [4.78, 5) is 4.88. The molecule has 0 aliphatic carbocycles. The lowest BCUT2D eigenvalue weighted by Crippen LogP contribution is -2.23. The minimum Gasteiger partial charge on any atom is -0.497 e. The minimum atomic E-state index is 0.464. The summed E-state index contributed by atoms with van der Waals surface area (Å²) in [6.45, 7) is 5.74. The summed E-state index contributed by atoms with van der Waals surface area (Å²) in [5, 5.41) is 0.